The summed E-state index contributed by atoms with van der Waals surface area (Å²) in [6.45, 7) is 7.64. The van der Waals surface area contributed by atoms with Crippen molar-refractivity contribution in [1.29, 1.82) is 0 Å². The van der Waals surface area contributed by atoms with Gasteiger partial charge in [0.05, 0.1) is 6.04 Å². The number of amides is 1. The lowest BCUT2D eigenvalue weighted by Gasteiger charge is -2.40. The highest BCUT2D eigenvalue weighted by Crippen LogP contribution is 2.24. The predicted octanol–water partition coefficient (Wildman–Crippen LogP) is 3.13. The van der Waals surface area contributed by atoms with E-state index in [-0.39, 0.29) is 6.04 Å². The van der Waals surface area contributed by atoms with E-state index in [1.54, 1.807) is 11.3 Å². The minimum atomic E-state index is -0.0240. The molecule has 1 aromatic heterocycles. The SMILES string of the molecule is CC(C(=O)N1CCC(Cc2ccccc2)CC1)N1CCN(c2nccs2)CC1. The number of anilines is 1. The summed E-state index contributed by atoms with van der Waals surface area (Å²) in [5.74, 6) is 1.00. The van der Waals surface area contributed by atoms with Gasteiger partial charge in [0, 0.05) is 50.8 Å². The maximum atomic E-state index is 13.0. The number of carbonyl (C=O) groups excluding carboxylic acids is 1. The van der Waals surface area contributed by atoms with E-state index in [0.29, 0.717) is 11.8 Å². The Morgan fingerprint density at radius 3 is 2.46 bits per heavy atom. The van der Waals surface area contributed by atoms with Gasteiger partial charge in [-0.05, 0) is 37.7 Å². The van der Waals surface area contributed by atoms with Gasteiger partial charge < -0.3 is 9.80 Å². The molecule has 2 aliphatic heterocycles. The summed E-state index contributed by atoms with van der Waals surface area (Å²) in [7, 11) is 0. The molecule has 0 bridgehead atoms. The molecule has 2 aliphatic rings. The predicted molar refractivity (Wildman–Crippen MR) is 115 cm³/mol. The zero-order valence-electron chi connectivity index (χ0n) is 16.7. The Balaban J connectivity index is 1.23. The molecule has 1 atom stereocenters. The largest absolute Gasteiger partial charge is 0.346 e. The standard InChI is InChI=1S/C22H30N4OS/c1-18(24-12-14-26(15-13-24)22-23-9-16-28-22)21(27)25-10-7-20(8-11-25)17-19-5-3-2-4-6-19/h2-6,9,16,18,20H,7-8,10-15,17H2,1H3. The number of rotatable bonds is 5. The fourth-order valence-corrected chi connectivity index (χ4v) is 5.09. The van der Waals surface area contributed by atoms with Crippen molar-refractivity contribution >= 4 is 22.4 Å². The van der Waals surface area contributed by atoms with Crippen LogP contribution in [0.25, 0.3) is 0 Å². The summed E-state index contributed by atoms with van der Waals surface area (Å²) in [6.07, 6.45) is 5.23. The van der Waals surface area contributed by atoms with Crippen LogP contribution in [0.1, 0.15) is 25.3 Å². The van der Waals surface area contributed by atoms with Gasteiger partial charge in [-0.25, -0.2) is 4.98 Å². The van der Waals surface area contributed by atoms with Crippen LogP contribution in [-0.4, -0.2) is 66.0 Å². The van der Waals surface area contributed by atoms with Crippen molar-refractivity contribution in [3.05, 3.63) is 47.5 Å². The molecule has 5 nitrogen and oxygen atoms in total. The van der Waals surface area contributed by atoms with E-state index in [4.69, 9.17) is 0 Å². The lowest BCUT2D eigenvalue weighted by Crippen LogP contribution is -2.55. The number of hydrogen-bond acceptors (Lipinski definition) is 5. The molecular formula is C22H30N4OS. The molecule has 0 aliphatic carbocycles. The maximum Gasteiger partial charge on any atom is 0.239 e. The van der Waals surface area contributed by atoms with Crippen molar-refractivity contribution in [2.45, 2.75) is 32.2 Å². The Morgan fingerprint density at radius 2 is 1.82 bits per heavy atom. The van der Waals surface area contributed by atoms with Gasteiger partial charge in [0.15, 0.2) is 5.13 Å². The molecule has 0 saturated carbocycles. The fourth-order valence-electron chi connectivity index (χ4n) is 4.40. The summed E-state index contributed by atoms with van der Waals surface area (Å²) in [5, 5.41) is 3.12. The molecule has 1 amide bonds. The van der Waals surface area contributed by atoms with Crippen molar-refractivity contribution in [2.24, 2.45) is 5.92 Å². The number of benzene rings is 1. The molecule has 1 aromatic carbocycles. The van der Waals surface area contributed by atoms with Crippen molar-refractivity contribution < 1.29 is 4.79 Å². The summed E-state index contributed by atoms with van der Waals surface area (Å²) in [6, 6.07) is 10.7. The third-order valence-corrected chi connectivity index (χ3v) is 7.03. The van der Waals surface area contributed by atoms with E-state index >= 15 is 0 Å². The Labute approximate surface area is 172 Å². The highest BCUT2D eigenvalue weighted by atomic mass is 32.1. The zero-order chi connectivity index (χ0) is 19.3. The number of nitrogens with zero attached hydrogens (tertiary/aromatic N) is 4. The minimum Gasteiger partial charge on any atom is -0.346 e. The van der Waals surface area contributed by atoms with E-state index in [0.717, 1.165) is 63.7 Å². The van der Waals surface area contributed by atoms with E-state index in [2.05, 4.69) is 56.9 Å². The van der Waals surface area contributed by atoms with E-state index in [1.165, 1.54) is 5.56 Å². The quantitative estimate of drug-likeness (QED) is 0.776. The second kappa shape index (κ2) is 9.05. The van der Waals surface area contributed by atoms with Gasteiger partial charge in [0.25, 0.3) is 0 Å². The molecule has 1 unspecified atom stereocenters. The Kier molecular flexibility index (Phi) is 6.27. The van der Waals surface area contributed by atoms with Crippen LogP contribution in [0.5, 0.6) is 0 Å². The first-order valence-corrected chi connectivity index (χ1v) is 11.3. The van der Waals surface area contributed by atoms with Crippen LogP contribution >= 0.6 is 11.3 Å². The van der Waals surface area contributed by atoms with Crippen LogP contribution in [0.4, 0.5) is 5.13 Å². The van der Waals surface area contributed by atoms with E-state index in [9.17, 15) is 4.79 Å². The first-order valence-electron chi connectivity index (χ1n) is 10.4. The average Bonchev–Trinajstić information content (AvgIpc) is 3.29. The zero-order valence-corrected chi connectivity index (χ0v) is 17.5. The first-order chi connectivity index (χ1) is 13.7. The molecule has 2 aromatic rings. The molecule has 2 fully saturated rings. The normalized spacial score (nSPS) is 20.3. The molecule has 0 spiro atoms. The first kappa shape index (κ1) is 19.4. The van der Waals surface area contributed by atoms with Crippen LogP contribution < -0.4 is 4.90 Å². The average molecular weight is 399 g/mol. The third-order valence-electron chi connectivity index (χ3n) is 6.20. The summed E-state index contributed by atoms with van der Waals surface area (Å²) in [4.78, 5) is 24.2. The molecule has 6 heteroatoms. The van der Waals surface area contributed by atoms with Crippen molar-refractivity contribution in [3.63, 3.8) is 0 Å². The molecular weight excluding hydrogens is 368 g/mol. The van der Waals surface area contributed by atoms with Crippen LogP contribution in [0.15, 0.2) is 41.9 Å². The van der Waals surface area contributed by atoms with Gasteiger partial charge >= 0.3 is 0 Å². The number of aromatic nitrogens is 1. The number of likely N-dealkylation sites (tertiary alicyclic amines) is 1. The van der Waals surface area contributed by atoms with Crippen molar-refractivity contribution in [1.82, 2.24) is 14.8 Å². The number of piperazine rings is 1. The Hall–Kier alpha value is -1.92. The van der Waals surface area contributed by atoms with Crippen LogP contribution in [0, 0.1) is 5.92 Å². The van der Waals surface area contributed by atoms with E-state index < -0.39 is 0 Å². The summed E-state index contributed by atoms with van der Waals surface area (Å²) >= 11 is 1.69. The topological polar surface area (TPSA) is 39.7 Å². The minimum absolute atomic E-state index is 0.0240. The van der Waals surface area contributed by atoms with Gasteiger partial charge in [0.2, 0.25) is 5.91 Å². The van der Waals surface area contributed by atoms with Crippen molar-refractivity contribution in [2.75, 3.05) is 44.2 Å². The third kappa shape index (κ3) is 4.55. The summed E-state index contributed by atoms with van der Waals surface area (Å²) in [5.41, 5.74) is 1.42. The number of carbonyl (C=O) groups is 1. The van der Waals surface area contributed by atoms with Crippen LogP contribution in [-0.2, 0) is 11.2 Å². The molecule has 150 valence electrons. The van der Waals surface area contributed by atoms with Gasteiger partial charge in [0.1, 0.15) is 0 Å². The molecule has 3 heterocycles. The second-order valence-electron chi connectivity index (χ2n) is 7.97. The highest BCUT2D eigenvalue weighted by molar-refractivity contribution is 7.13. The lowest BCUT2D eigenvalue weighted by atomic mass is 9.90. The van der Waals surface area contributed by atoms with Crippen molar-refractivity contribution in [3.8, 4) is 0 Å². The van der Waals surface area contributed by atoms with Gasteiger partial charge in [-0.2, -0.15) is 0 Å². The Bertz CT molecular complexity index is 735. The van der Waals surface area contributed by atoms with Crippen LogP contribution in [0.2, 0.25) is 0 Å². The molecule has 2 saturated heterocycles. The number of hydrogen-bond donors (Lipinski definition) is 0. The fraction of sp³-hybridized carbons (Fsp3) is 0.545. The molecule has 0 radical (unpaired) electrons. The highest BCUT2D eigenvalue weighted by Gasteiger charge is 2.31. The Morgan fingerprint density at radius 1 is 1.11 bits per heavy atom. The second-order valence-corrected chi connectivity index (χ2v) is 8.85. The number of piperidine rings is 1. The summed E-state index contributed by atoms with van der Waals surface area (Å²) < 4.78 is 0. The maximum absolute atomic E-state index is 13.0. The van der Waals surface area contributed by atoms with Gasteiger partial charge in [-0.1, -0.05) is 30.3 Å². The van der Waals surface area contributed by atoms with Gasteiger partial charge in [-0.3, -0.25) is 9.69 Å². The van der Waals surface area contributed by atoms with Crippen LogP contribution in [0.3, 0.4) is 0 Å². The molecule has 4 rings (SSSR count). The lowest BCUT2D eigenvalue weighted by molar-refractivity contribution is -0.138. The monoisotopic (exact) mass is 398 g/mol. The van der Waals surface area contributed by atoms with Gasteiger partial charge in [-0.15, -0.1) is 11.3 Å². The number of thiazole rings is 1. The van der Waals surface area contributed by atoms with E-state index in [1.807, 2.05) is 11.6 Å². The molecule has 28 heavy (non-hydrogen) atoms. The molecule has 0 N–H and O–H groups in total. The smallest absolute Gasteiger partial charge is 0.239 e.